The molecule has 1 aliphatic carbocycles. The Kier molecular flexibility index (Phi) is 34.7. The highest BCUT2D eigenvalue weighted by Crippen LogP contribution is 2.60. The SMILES string of the molecule is C[C@@H]1CCC(C)(C(F)F)C(F)(F)C1(F)F.Cc1ccc(C)c(C(C)(C)C)c1.Cc1ccc(C)c(C(C)C)c1.Cc1ccc(C)c(C)c1.Cc1ccc(C)cc1.Cc1ccccc1.Cc1ccccc1C.Cc1ccccc1C(C)(C)C.Cc1ccccc1C(C)C. The standard InChI is InChI=1S/C12H18.2C11H16.C10H14.C9H12F6.C9H12.2C8H10.C7H8/c1-9-6-7-10(2)11(8-9)12(3,4)5;1-8(2)11-7-9(3)5-6-10(11)4;1-9-7-5-6-8-10(9)11(2,3)4;1-8(2)10-7-5-4-6-9(10)3;1-5-3-4-7(2,6(10)11)9(14,15)8(5,12)13;1-7-4-5-8(2)9(3)6-7;1-7-3-5-8(2)6-4-7;1-7-5-3-4-6-8(7)2;1-7-5-3-2-4-6-7/h6-8H,1-5H3;2*5-8H,1-4H3;4-8H,1-3H3;5-6H,3-4H2,1-2H3;4-6H,1-3H3;2*3-6H,1-2H3;2-6H,1H3/t;;;;5-,7?;;;;/m....1..../s1. The molecule has 0 radical (unpaired) electrons. The molecule has 0 aromatic heterocycles. The maximum Gasteiger partial charge on any atom is 0.321 e. The minimum atomic E-state index is -4.66. The zero-order valence-electron chi connectivity index (χ0n) is 60.8. The van der Waals surface area contributed by atoms with E-state index in [4.69, 9.17) is 0 Å². The van der Waals surface area contributed by atoms with Gasteiger partial charge in [0.25, 0.3) is 0 Å². The van der Waals surface area contributed by atoms with Crippen LogP contribution in [0.3, 0.4) is 0 Å². The van der Waals surface area contributed by atoms with E-state index in [0.29, 0.717) is 18.8 Å². The number of rotatable bonds is 3. The van der Waals surface area contributed by atoms with E-state index in [1.165, 1.54) is 100 Å². The van der Waals surface area contributed by atoms with E-state index in [1.54, 1.807) is 0 Å². The van der Waals surface area contributed by atoms with Crippen LogP contribution >= 0.6 is 0 Å². The quantitative estimate of drug-likeness (QED) is 0.155. The summed E-state index contributed by atoms with van der Waals surface area (Å²) in [6.45, 7) is 53.8. The third-order valence-corrected chi connectivity index (χ3v) is 16.6. The summed E-state index contributed by atoms with van der Waals surface area (Å²) in [5.41, 5.74) is 22.6. The highest BCUT2D eigenvalue weighted by Gasteiger charge is 2.73. The molecule has 8 aromatic carbocycles. The van der Waals surface area contributed by atoms with Crippen molar-refractivity contribution in [3.05, 3.63) is 282 Å². The van der Waals surface area contributed by atoms with Gasteiger partial charge in [-0.2, -0.15) is 17.6 Å². The molecule has 1 fully saturated rings. The van der Waals surface area contributed by atoms with Gasteiger partial charge in [0.05, 0.1) is 5.41 Å². The van der Waals surface area contributed by atoms with Gasteiger partial charge in [0, 0.05) is 5.92 Å². The first kappa shape index (κ1) is 82.4. The molecule has 9 rings (SSSR count). The lowest BCUT2D eigenvalue weighted by Gasteiger charge is -2.47. The average molecular weight is 1250 g/mol. The fourth-order valence-corrected chi connectivity index (χ4v) is 10.1. The Hall–Kier alpha value is -6.66. The molecule has 0 nitrogen and oxygen atoms in total. The average Bonchev–Trinajstić information content (AvgIpc) is 0.735. The van der Waals surface area contributed by atoms with Crippen LogP contribution in [0.15, 0.2) is 182 Å². The zero-order valence-corrected chi connectivity index (χ0v) is 60.8. The third-order valence-electron chi connectivity index (χ3n) is 16.6. The summed E-state index contributed by atoms with van der Waals surface area (Å²) in [6, 6.07) is 64.0. The van der Waals surface area contributed by atoms with Gasteiger partial charge in [-0.25, -0.2) is 8.78 Å². The predicted octanol–water partition coefficient (Wildman–Crippen LogP) is 26.6. The number of alkyl halides is 6. The fraction of sp³-hybridized carbons (Fsp3) is 0.435. The number of aryl methyl sites for hydroxylation is 14. The molecular formula is C85H116F6. The van der Waals surface area contributed by atoms with Crippen molar-refractivity contribution in [3.63, 3.8) is 0 Å². The Labute approximate surface area is 550 Å². The lowest BCUT2D eigenvalue weighted by Crippen LogP contribution is -2.61. The topological polar surface area (TPSA) is 0 Å². The number of hydrogen-bond donors (Lipinski definition) is 0. The monoisotopic (exact) mass is 1250 g/mol. The van der Waals surface area contributed by atoms with Gasteiger partial charge in [-0.3, -0.25) is 0 Å². The summed E-state index contributed by atoms with van der Waals surface area (Å²) in [4.78, 5) is 0. The van der Waals surface area contributed by atoms with E-state index in [9.17, 15) is 26.3 Å². The van der Waals surface area contributed by atoms with Gasteiger partial charge in [-0.1, -0.05) is 292 Å². The van der Waals surface area contributed by atoms with Crippen LogP contribution in [0.25, 0.3) is 0 Å². The lowest BCUT2D eigenvalue weighted by atomic mass is 9.67. The second-order valence-corrected chi connectivity index (χ2v) is 28.0. The van der Waals surface area contributed by atoms with Gasteiger partial charge in [-0.15, -0.1) is 0 Å². The molecule has 0 saturated heterocycles. The molecule has 0 N–H and O–H groups in total. The van der Waals surface area contributed by atoms with Gasteiger partial charge in [0.2, 0.25) is 6.43 Å². The Balaban J connectivity index is 0.000000516. The van der Waals surface area contributed by atoms with Crippen LogP contribution in [-0.4, -0.2) is 18.3 Å². The number of hydrogen-bond acceptors (Lipinski definition) is 0. The molecule has 0 heterocycles. The smallest absolute Gasteiger partial charge is 0.210 e. The summed E-state index contributed by atoms with van der Waals surface area (Å²) >= 11 is 0. The summed E-state index contributed by atoms with van der Waals surface area (Å²) in [5.74, 6) is -9.29. The number of halogens is 6. The minimum absolute atomic E-state index is 0.274. The van der Waals surface area contributed by atoms with Gasteiger partial charge in [-0.05, 0) is 206 Å². The van der Waals surface area contributed by atoms with Gasteiger partial charge in [0.15, 0.2) is 0 Å². The summed E-state index contributed by atoms with van der Waals surface area (Å²) < 4.78 is 77.8. The first-order chi connectivity index (χ1) is 42.0. The molecule has 1 unspecified atom stereocenters. The van der Waals surface area contributed by atoms with E-state index >= 15 is 0 Å². The maximum atomic E-state index is 13.3. The molecule has 2 atom stereocenters. The third kappa shape index (κ3) is 28.4. The van der Waals surface area contributed by atoms with Crippen molar-refractivity contribution in [1.29, 1.82) is 0 Å². The van der Waals surface area contributed by atoms with E-state index in [1.807, 2.05) is 18.2 Å². The molecule has 0 amide bonds. The van der Waals surface area contributed by atoms with Crippen molar-refractivity contribution in [2.45, 2.75) is 234 Å². The Bertz CT molecular complexity index is 3290. The minimum Gasteiger partial charge on any atom is -0.210 e. The summed E-state index contributed by atoms with van der Waals surface area (Å²) in [5, 5.41) is 0. The Morgan fingerprint density at radius 2 is 0.681 bits per heavy atom. The highest BCUT2D eigenvalue weighted by molar-refractivity contribution is 5.36. The first-order valence-corrected chi connectivity index (χ1v) is 32.4. The van der Waals surface area contributed by atoms with Crippen LogP contribution < -0.4 is 0 Å². The second kappa shape index (κ2) is 38.4. The van der Waals surface area contributed by atoms with Crippen LogP contribution in [0.2, 0.25) is 0 Å². The second-order valence-electron chi connectivity index (χ2n) is 28.0. The largest absolute Gasteiger partial charge is 0.321 e. The van der Waals surface area contributed by atoms with Crippen LogP contribution in [0, 0.1) is 108 Å². The van der Waals surface area contributed by atoms with Crippen molar-refractivity contribution in [2.75, 3.05) is 0 Å². The lowest BCUT2D eigenvalue weighted by molar-refractivity contribution is -0.327. The van der Waals surface area contributed by atoms with Crippen LogP contribution in [-0.2, 0) is 10.8 Å². The summed E-state index contributed by atoms with van der Waals surface area (Å²) in [6.07, 6.45) is -4.36. The van der Waals surface area contributed by atoms with Gasteiger partial charge < -0.3 is 0 Å². The van der Waals surface area contributed by atoms with Crippen molar-refractivity contribution >= 4 is 0 Å². The molecular weight excluding hydrogens is 1130 g/mol. The van der Waals surface area contributed by atoms with E-state index in [0.717, 1.165) is 6.92 Å². The van der Waals surface area contributed by atoms with Crippen LogP contribution in [0.1, 0.15) is 208 Å². The molecule has 91 heavy (non-hydrogen) atoms. The van der Waals surface area contributed by atoms with E-state index in [-0.39, 0.29) is 17.3 Å². The van der Waals surface area contributed by atoms with Gasteiger partial charge in [0.1, 0.15) is 0 Å². The molecule has 8 aromatic rings. The fourth-order valence-electron chi connectivity index (χ4n) is 10.1. The Morgan fingerprint density at radius 3 is 1.01 bits per heavy atom. The maximum absolute atomic E-state index is 13.3. The molecule has 6 heteroatoms. The van der Waals surface area contributed by atoms with E-state index in [2.05, 4.69) is 330 Å². The number of benzene rings is 8. The molecule has 0 bridgehead atoms. The van der Waals surface area contributed by atoms with Crippen molar-refractivity contribution in [1.82, 2.24) is 0 Å². The first-order valence-electron chi connectivity index (χ1n) is 32.4. The zero-order chi connectivity index (χ0) is 69.8. The van der Waals surface area contributed by atoms with Crippen LogP contribution in [0.4, 0.5) is 26.3 Å². The molecule has 1 saturated carbocycles. The normalized spacial score (nSPS) is 15.1. The Morgan fingerprint density at radius 1 is 0.352 bits per heavy atom. The summed E-state index contributed by atoms with van der Waals surface area (Å²) in [7, 11) is 0. The molecule has 0 aliphatic heterocycles. The van der Waals surface area contributed by atoms with Crippen molar-refractivity contribution < 1.29 is 26.3 Å². The van der Waals surface area contributed by atoms with E-state index < -0.39 is 36.0 Å². The predicted molar refractivity (Wildman–Crippen MR) is 386 cm³/mol. The van der Waals surface area contributed by atoms with Gasteiger partial charge >= 0.3 is 11.8 Å². The van der Waals surface area contributed by atoms with Crippen LogP contribution in [0.5, 0.6) is 0 Å². The molecule has 1 aliphatic rings. The molecule has 498 valence electrons. The highest BCUT2D eigenvalue weighted by atomic mass is 19.3. The molecule has 0 spiro atoms. The van der Waals surface area contributed by atoms with Crippen molar-refractivity contribution in [2.24, 2.45) is 11.3 Å². The van der Waals surface area contributed by atoms with Crippen molar-refractivity contribution in [3.8, 4) is 0 Å².